The van der Waals surface area contributed by atoms with Crippen molar-refractivity contribution in [3.63, 3.8) is 0 Å². The van der Waals surface area contributed by atoms with Gasteiger partial charge in [0.1, 0.15) is 0 Å². The van der Waals surface area contributed by atoms with E-state index in [-0.39, 0.29) is 5.91 Å². The summed E-state index contributed by atoms with van der Waals surface area (Å²) < 4.78 is 0. The smallest absolute Gasteiger partial charge is 0.234 e. The summed E-state index contributed by atoms with van der Waals surface area (Å²) in [4.78, 5) is 14.3. The lowest BCUT2D eigenvalue weighted by Gasteiger charge is -2.27. The molecular weight excluding hydrogens is 250 g/mol. The molecule has 1 aliphatic carbocycles. The summed E-state index contributed by atoms with van der Waals surface area (Å²) in [5, 5.41) is 6.67. The molecule has 1 heterocycles. The van der Waals surface area contributed by atoms with Gasteiger partial charge in [0.2, 0.25) is 5.91 Å². The highest BCUT2D eigenvalue weighted by Crippen LogP contribution is 2.17. The molecule has 2 N–H and O–H groups in total. The summed E-state index contributed by atoms with van der Waals surface area (Å²) >= 11 is 0. The van der Waals surface area contributed by atoms with Gasteiger partial charge in [-0.25, -0.2) is 0 Å². The van der Waals surface area contributed by atoms with Crippen LogP contribution in [0.1, 0.15) is 51.4 Å². The van der Waals surface area contributed by atoms with Crippen LogP contribution in [0.15, 0.2) is 0 Å². The minimum Gasteiger partial charge on any atom is -0.352 e. The molecule has 0 aromatic carbocycles. The van der Waals surface area contributed by atoms with Gasteiger partial charge < -0.3 is 10.6 Å². The van der Waals surface area contributed by atoms with Crippen LogP contribution in [0.25, 0.3) is 0 Å². The summed E-state index contributed by atoms with van der Waals surface area (Å²) in [6, 6.07) is 0.426. The second-order valence-corrected chi connectivity index (χ2v) is 6.67. The van der Waals surface area contributed by atoms with E-state index in [1.54, 1.807) is 0 Å². The van der Waals surface area contributed by atoms with Crippen molar-refractivity contribution in [2.75, 3.05) is 33.2 Å². The first-order chi connectivity index (χ1) is 9.74. The molecule has 4 heteroatoms. The molecule has 20 heavy (non-hydrogen) atoms. The highest BCUT2D eigenvalue weighted by Gasteiger charge is 2.18. The van der Waals surface area contributed by atoms with Crippen molar-refractivity contribution in [3.05, 3.63) is 0 Å². The number of piperidine rings is 1. The Kier molecular flexibility index (Phi) is 6.80. The molecule has 2 aliphatic rings. The molecule has 1 atom stereocenters. The fraction of sp³-hybridized carbons (Fsp3) is 0.938. The van der Waals surface area contributed by atoms with E-state index in [1.165, 1.54) is 51.4 Å². The average Bonchev–Trinajstić information content (AvgIpc) is 2.68. The van der Waals surface area contributed by atoms with E-state index in [0.29, 0.717) is 18.5 Å². The molecular formula is C16H31N3O. The van der Waals surface area contributed by atoms with Crippen molar-refractivity contribution in [1.29, 1.82) is 0 Å². The fourth-order valence-corrected chi connectivity index (χ4v) is 3.53. The first-order valence-electron chi connectivity index (χ1n) is 8.42. The van der Waals surface area contributed by atoms with E-state index in [4.69, 9.17) is 0 Å². The Hall–Kier alpha value is -0.610. The molecule has 0 spiro atoms. The van der Waals surface area contributed by atoms with E-state index in [2.05, 4.69) is 22.6 Å². The topological polar surface area (TPSA) is 44.4 Å². The molecule has 2 fully saturated rings. The summed E-state index contributed by atoms with van der Waals surface area (Å²) in [5.41, 5.74) is 0. The number of carbonyl (C=O) groups excluding carboxylic acids is 1. The van der Waals surface area contributed by atoms with Crippen molar-refractivity contribution in [2.24, 2.45) is 5.92 Å². The van der Waals surface area contributed by atoms with E-state index in [1.807, 2.05) is 0 Å². The molecule has 0 radical (unpaired) electrons. The van der Waals surface area contributed by atoms with Crippen LogP contribution < -0.4 is 10.6 Å². The van der Waals surface area contributed by atoms with Gasteiger partial charge in [-0.15, -0.1) is 0 Å². The monoisotopic (exact) mass is 281 g/mol. The first-order valence-corrected chi connectivity index (χ1v) is 8.42. The van der Waals surface area contributed by atoms with Gasteiger partial charge >= 0.3 is 0 Å². The maximum Gasteiger partial charge on any atom is 0.234 e. The van der Waals surface area contributed by atoms with Gasteiger partial charge in [0.05, 0.1) is 6.54 Å². The van der Waals surface area contributed by atoms with E-state index in [0.717, 1.165) is 19.6 Å². The Morgan fingerprint density at radius 1 is 1.15 bits per heavy atom. The molecule has 0 aromatic heterocycles. The van der Waals surface area contributed by atoms with Gasteiger partial charge in [-0.05, 0) is 51.7 Å². The third-order valence-corrected chi connectivity index (χ3v) is 4.60. The molecule has 116 valence electrons. The fourth-order valence-electron chi connectivity index (χ4n) is 3.53. The average molecular weight is 281 g/mol. The third kappa shape index (κ3) is 5.80. The lowest BCUT2D eigenvalue weighted by atomic mass is 9.99. The van der Waals surface area contributed by atoms with Gasteiger partial charge in [0.15, 0.2) is 0 Å². The molecule has 0 aromatic rings. The van der Waals surface area contributed by atoms with Crippen molar-refractivity contribution in [2.45, 2.75) is 57.4 Å². The Bertz CT molecular complexity index is 281. The number of carbonyl (C=O) groups is 1. The summed E-state index contributed by atoms with van der Waals surface area (Å²) in [7, 11) is 2.07. The normalized spacial score (nSPS) is 25.4. The number of rotatable bonds is 5. The number of likely N-dealkylation sites (N-methyl/N-ethyl adjacent to an activating group) is 1. The quantitative estimate of drug-likeness (QED) is 0.755. The Labute approximate surface area is 123 Å². The lowest BCUT2D eigenvalue weighted by Crippen LogP contribution is -2.43. The summed E-state index contributed by atoms with van der Waals surface area (Å²) in [6.07, 6.45) is 10.1. The number of nitrogens with one attached hydrogen (secondary N) is 2. The zero-order chi connectivity index (χ0) is 14.2. The van der Waals surface area contributed by atoms with Crippen molar-refractivity contribution in [3.8, 4) is 0 Å². The summed E-state index contributed by atoms with van der Waals surface area (Å²) in [5.74, 6) is 0.919. The third-order valence-electron chi connectivity index (χ3n) is 4.60. The van der Waals surface area contributed by atoms with Gasteiger partial charge in [-0.2, -0.15) is 0 Å². The molecule has 1 aliphatic heterocycles. The predicted octanol–water partition coefficient (Wildman–Crippen LogP) is 1.76. The van der Waals surface area contributed by atoms with E-state index < -0.39 is 0 Å². The molecule has 1 saturated heterocycles. The number of amides is 1. The largest absolute Gasteiger partial charge is 0.352 e. The first kappa shape index (κ1) is 15.8. The zero-order valence-electron chi connectivity index (χ0n) is 13.0. The van der Waals surface area contributed by atoms with Crippen LogP contribution in [0.2, 0.25) is 0 Å². The number of hydrogen-bond donors (Lipinski definition) is 2. The lowest BCUT2D eigenvalue weighted by molar-refractivity contribution is -0.122. The van der Waals surface area contributed by atoms with Crippen LogP contribution in [-0.4, -0.2) is 50.1 Å². The predicted molar refractivity (Wildman–Crippen MR) is 82.7 cm³/mol. The van der Waals surface area contributed by atoms with Crippen molar-refractivity contribution in [1.82, 2.24) is 15.5 Å². The van der Waals surface area contributed by atoms with Crippen LogP contribution >= 0.6 is 0 Å². The zero-order valence-corrected chi connectivity index (χ0v) is 13.0. The molecule has 1 saturated carbocycles. The van der Waals surface area contributed by atoms with Crippen LogP contribution in [0.5, 0.6) is 0 Å². The highest BCUT2D eigenvalue weighted by atomic mass is 16.2. The van der Waals surface area contributed by atoms with Crippen LogP contribution in [0.4, 0.5) is 0 Å². The van der Waals surface area contributed by atoms with Gasteiger partial charge in [-0.3, -0.25) is 9.69 Å². The maximum absolute atomic E-state index is 12.1. The Balaban J connectivity index is 1.64. The van der Waals surface area contributed by atoms with Gasteiger partial charge in [0, 0.05) is 12.6 Å². The molecule has 2 rings (SSSR count). The van der Waals surface area contributed by atoms with Gasteiger partial charge in [-0.1, -0.05) is 25.7 Å². The second kappa shape index (κ2) is 8.63. The van der Waals surface area contributed by atoms with Crippen LogP contribution in [0, 0.1) is 5.92 Å². The van der Waals surface area contributed by atoms with Crippen LogP contribution in [-0.2, 0) is 4.79 Å². The number of nitrogens with zero attached hydrogens (tertiary/aromatic N) is 1. The minimum absolute atomic E-state index is 0.211. The summed E-state index contributed by atoms with van der Waals surface area (Å²) in [6.45, 7) is 3.84. The van der Waals surface area contributed by atoms with Crippen molar-refractivity contribution >= 4 is 5.91 Å². The maximum atomic E-state index is 12.1. The van der Waals surface area contributed by atoms with E-state index in [9.17, 15) is 4.79 Å². The molecule has 1 unspecified atom stereocenters. The SMILES string of the molecule is CN(CC(=O)NC1CCCCCC1)CC1CCCNC1. The van der Waals surface area contributed by atoms with Crippen molar-refractivity contribution < 1.29 is 4.79 Å². The standard InChI is InChI=1S/C16H31N3O/c1-19(12-14-7-6-10-17-11-14)13-16(20)18-15-8-4-2-3-5-9-15/h14-15,17H,2-13H2,1H3,(H,18,20). The molecule has 4 nitrogen and oxygen atoms in total. The molecule has 1 amide bonds. The Morgan fingerprint density at radius 2 is 1.90 bits per heavy atom. The van der Waals surface area contributed by atoms with E-state index >= 15 is 0 Å². The van der Waals surface area contributed by atoms with Crippen LogP contribution in [0.3, 0.4) is 0 Å². The number of hydrogen-bond acceptors (Lipinski definition) is 3. The Morgan fingerprint density at radius 3 is 2.55 bits per heavy atom. The highest BCUT2D eigenvalue weighted by molar-refractivity contribution is 5.78. The second-order valence-electron chi connectivity index (χ2n) is 6.67. The van der Waals surface area contributed by atoms with Gasteiger partial charge in [0.25, 0.3) is 0 Å². The minimum atomic E-state index is 0.211. The molecule has 0 bridgehead atoms.